The van der Waals surface area contributed by atoms with Crippen molar-refractivity contribution < 1.29 is 19.1 Å². The van der Waals surface area contributed by atoms with Crippen molar-refractivity contribution in [3.05, 3.63) is 58.7 Å². The number of hydrogen-bond donors (Lipinski definition) is 0. The van der Waals surface area contributed by atoms with Crippen LogP contribution in [0.2, 0.25) is 0 Å². The van der Waals surface area contributed by atoms with Crippen LogP contribution in [-0.4, -0.2) is 24.8 Å². The lowest BCUT2D eigenvalue weighted by molar-refractivity contribution is 0.0972. The van der Waals surface area contributed by atoms with E-state index < -0.39 is 0 Å². The maximum absolute atomic E-state index is 13.0. The third kappa shape index (κ3) is 2.68. The van der Waals surface area contributed by atoms with Crippen molar-refractivity contribution in [1.29, 1.82) is 0 Å². The van der Waals surface area contributed by atoms with E-state index in [-0.39, 0.29) is 11.6 Å². The Morgan fingerprint density at radius 2 is 1.12 bits per heavy atom. The lowest BCUT2D eigenvalue weighted by Gasteiger charge is -2.22. The third-order valence-electron chi connectivity index (χ3n) is 3.92. The molecule has 3 rings (SSSR count). The molecule has 0 heterocycles. The number of fused-ring (bicyclic) bond motifs is 2. The van der Waals surface area contributed by atoms with E-state index in [0.29, 0.717) is 47.0 Å². The molecule has 1 aliphatic carbocycles. The van der Waals surface area contributed by atoms with Gasteiger partial charge in [0.2, 0.25) is 0 Å². The Balaban J connectivity index is 2.11. The number of ketones is 2. The minimum atomic E-state index is -0.187. The van der Waals surface area contributed by atoms with E-state index in [9.17, 15) is 9.59 Å². The minimum absolute atomic E-state index is 0.187. The molecule has 2 aromatic rings. The minimum Gasteiger partial charge on any atom is -0.493 e. The van der Waals surface area contributed by atoms with Gasteiger partial charge in [-0.2, -0.15) is 0 Å². The Bertz CT molecular complexity index is 725. The zero-order valence-corrected chi connectivity index (χ0v) is 13.9. The summed E-state index contributed by atoms with van der Waals surface area (Å²) in [7, 11) is 0. The Kier molecular flexibility index (Phi) is 4.65. The quantitative estimate of drug-likeness (QED) is 0.686. The first-order chi connectivity index (χ1) is 11.7. The van der Waals surface area contributed by atoms with Gasteiger partial charge in [0.15, 0.2) is 11.6 Å². The van der Waals surface area contributed by atoms with Gasteiger partial charge in [-0.1, -0.05) is 38.1 Å². The lowest BCUT2D eigenvalue weighted by atomic mass is 9.83. The van der Waals surface area contributed by atoms with E-state index in [2.05, 4.69) is 0 Å². The van der Waals surface area contributed by atoms with Crippen molar-refractivity contribution in [2.45, 2.75) is 26.7 Å². The van der Waals surface area contributed by atoms with Gasteiger partial charge in [0, 0.05) is 11.1 Å². The molecule has 0 radical (unpaired) electrons. The Morgan fingerprint density at radius 1 is 0.708 bits per heavy atom. The van der Waals surface area contributed by atoms with Crippen LogP contribution >= 0.6 is 0 Å². The molecule has 0 atom stereocenters. The first-order valence-corrected chi connectivity index (χ1v) is 8.30. The molecule has 0 bridgehead atoms. The summed E-state index contributed by atoms with van der Waals surface area (Å²) in [6, 6.07) is 10.3. The lowest BCUT2D eigenvalue weighted by Crippen LogP contribution is -2.23. The summed E-state index contributed by atoms with van der Waals surface area (Å²) in [5.74, 6) is 0.568. The zero-order valence-electron chi connectivity index (χ0n) is 13.9. The number of carbonyl (C=O) groups excluding carboxylic acids is 2. The van der Waals surface area contributed by atoms with Gasteiger partial charge in [-0.15, -0.1) is 0 Å². The van der Waals surface area contributed by atoms with Gasteiger partial charge in [-0.3, -0.25) is 9.59 Å². The van der Waals surface area contributed by atoms with E-state index in [0.717, 1.165) is 12.8 Å². The van der Waals surface area contributed by atoms with Crippen LogP contribution in [-0.2, 0) is 0 Å². The van der Waals surface area contributed by atoms with Crippen LogP contribution in [0.15, 0.2) is 36.4 Å². The summed E-state index contributed by atoms with van der Waals surface area (Å²) in [5, 5.41) is 0. The summed E-state index contributed by atoms with van der Waals surface area (Å²) in [5.41, 5.74) is 1.48. The van der Waals surface area contributed by atoms with Gasteiger partial charge >= 0.3 is 0 Å². The van der Waals surface area contributed by atoms with Crippen molar-refractivity contribution in [3.63, 3.8) is 0 Å². The highest BCUT2D eigenvalue weighted by molar-refractivity contribution is 6.30. The summed E-state index contributed by atoms with van der Waals surface area (Å²) in [6.45, 7) is 5.00. The number of hydrogen-bond acceptors (Lipinski definition) is 4. The molecule has 0 fully saturated rings. The van der Waals surface area contributed by atoms with Crippen molar-refractivity contribution >= 4 is 11.6 Å². The third-order valence-corrected chi connectivity index (χ3v) is 3.92. The van der Waals surface area contributed by atoms with E-state index >= 15 is 0 Å². The summed E-state index contributed by atoms with van der Waals surface area (Å²) in [6.07, 6.45) is 1.66. The average Bonchev–Trinajstić information content (AvgIpc) is 2.62. The van der Waals surface area contributed by atoms with Gasteiger partial charge in [-0.05, 0) is 25.0 Å². The second-order valence-corrected chi connectivity index (χ2v) is 5.71. The fourth-order valence-corrected chi connectivity index (χ4v) is 2.84. The summed E-state index contributed by atoms with van der Waals surface area (Å²) < 4.78 is 11.4. The van der Waals surface area contributed by atoms with Crippen LogP contribution in [0.1, 0.15) is 58.5 Å². The van der Waals surface area contributed by atoms with E-state index in [1.165, 1.54) is 0 Å². The second kappa shape index (κ2) is 6.87. The molecule has 1 aliphatic rings. The smallest absolute Gasteiger partial charge is 0.198 e. The predicted molar refractivity (Wildman–Crippen MR) is 91.3 cm³/mol. The van der Waals surface area contributed by atoms with Gasteiger partial charge < -0.3 is 9.47 Å². The molecular weight excluding hydrogens is 304 g/mol. The highest BCUT2D eigenvalue weighted by Crippen LogP contribution is 2.37. The van der Waals surface area contributed by atoms with Gasteiger partial charge in [0.05, 0.1) is 24.3 Å². The maximum atomic E-state index is 13.0. The van der Waals surface area contributed by atoms with Crippen molar-refractivity contribution in [1.82, 2.24) is 0 Å². The first kappa shape index (κ1) is 16.2. The van der Waals surface area contributed by atoms with Gasteiger partial charge in [-0.25, -0.2) is 0 Å². The summed E-state index contributed by atoms with van der Waals surface area (Å²) in [4.78, 5) is 26.0. The fourth-order valence-electron chi connectivity index (χ4n) is 2.84. The number of rotatable bonds is 6. The van der Waals surface area contributed by atoms with Crippen LogP contribution in [0, 0.1) is 0 Å². The molecule has 0 amide bonds. The predicted octanol–water partition coefficient (Wildman–Crippen LogP) is 4.04. The average molecular weight is 324 g/mol. The molecule has 0 aliphatic heterocycles. The van der Waals surface area contributed by atoms with E-state index in [1.54, 1.807) is 36.4 Å². The topological polar surface area (TPSA) is 52.6 Å². The van der Waals surface area contributed by atoms with Crippen LogP contribution in [0.3, 0.4) is 0 Å². The van der Waals surface area contributed by atoms with E-state index in [4.69, 9.17) is 9.47 Å². The van der Waals surface area contributed by atoms with Crippen LogP contribution < -0.4 is 9.47 Å². The second-order valence-electron chi connectivity index (χ2n) is 5.71. The Labute approximate surface area is 141 Å². The van der Waals surface area contributed by atoms with Crippen LogP contribution in [0.5, 0.6) is 11.5 Å². The monoisotopic (exact) mass is 324 g/mol. The van der Waals surface area contributed by atoms with Crippen LogP contribution in [0.4, 0.5) is 0 Å². The highest BCUT2D eigenvalue weighted by Gasteiger charge is 2.34. The standard InChI is InChI=1S/C20H20O4/c1-3-11-23-15-9-5-7-13-17(15)19(21)14-8-6-10-16(24-12-4-2)18(14)20(13)22/h5-10H,3-4,11-12H2,1-2H3. The molecule has 2 aromatic carbocycles. The molecule has 0 saturated carbocycles. The molecule has 0 saturated heterocycles. The molecule has 4 heteroatoms. The molecule has 0 spiro atoms. The molecule has 0 unspecified atom stereocenters. The Hall–Kier alpha value is -2.62. The largest absolute Gasteiger partial charge is 0.493 e. The normalized spacial score (nSPS) is 12.6. The molecule has 4 nitrogen and oxygen atoms in total. The zero-order chi connectivity index (χ0) is 17.1. The number of carbonyl (C=O) groups is 2. The number of benzene rings is 2. The summed E-state index contributed by atoms with van der Waals surface area (Å²) >= 11 is 0. The van der Waals surface area contributed by atoms with Gasteiger partial charge in [0.25, 0.3) is 0 Å². The van der Waals surface area contributed by atoms with Crippen molar-refractivity contribution in [3.8, 4) is 11.5 Å². The molecular formula is C20H20O4. The maximum Gasteiger partial charge on any atom is 0.198 e. The fraction of sp³-hybridized carbons (Fsp3) is 0.300. The van der Waals surface area contributed by atoms with Crippen molar-refractivity contribution in [2.75, 3.05) is 13.2 Å². The SMILES string of the molecule is CCCOc1cccc2c1C(=O)c1cccc(OCCC)c1C2=O. The molecule has 0 aromatic heterocycles. The highest BCUT2D eigenvalue weighted by atomic mass is 16.5. The van der Waals surface area contributed by atoms with Crippen molar-refractivity contribution in [2.24, 2.45) is 0 Å². The number of ether oxygens (including phenoxy) is 2. The van der Waals surface area contributed by atoms with Crippen LogP contribution in [0.25, 0.3) is 0 Å². The first-order valence-electron chi connectivity index (χ1n) is 8.30. The van der Waals surface area contributed by atoms with Gasteiger partial charge in [0.1, 0.15) is 11.5 Å². The molecule has 0 N–H and O–H groups in total. The molecule has 124 valence electrons. The molecule has 24 heavy (non-hydrogen) atoms. The Morgan fingerprint density at radius 3 is 1.50 bits per heavy atom. The van der Waals surface area contributed by atoms with E-state index in [1.807, 2.05) is 13.8 Å².